The molecular weight excluding hydrogens is 340 g/mol. The second-order valence-electron chi connectivity index (χ2n) is 7.18. The maximum Gasteiger partial charge on any atom is 0.151 e. The van der Waals surface area contributed by atoms with Gasteiger partial charge in [0.15, 0.2) is 5.82 Å². The highest BCUT2D eigenvalue weighted by molar-refractivity contribution is 5.60. The minimum absolute atomic E-state index is 0.168. The van der Waals surface area contributed by atoms with E-state index in [4.69, 9.17) is 0 Å². The van der Waals surface area contributed by atoms with Crippen molar-refractivity contribution in [2.24, 2.45) is 5.92 Å². The van der Waals surface area contributed by atoms with E-state index in [-0.39, 0.29) is 6.61 Å². The summed E-state index contributed by atoms with van der Waals surface area (Å²) in [6.45, 7) is 10.2. The summed E-state index contributed by atoms with van der Waals surface area (Å²) in [5.74, 6) is 1.28. The fourth-order valence-corrected chi connectivity index (χ4v) is 2.68. The molecule has 3 rings (SSSR count). The molecule has 0 amide bonds. The summed E-state index contributed by atoms with van der Waals surface area (Å²) in [5, 5.41) is 21.8. The van der Waals surface area contributed by atoms with Crippen LogP contribution in [0.1, 0.15) is 37.7 Å². The Bertz CT molecular complexity index is 934. The van der Waals surface area contributed by atoms with Crippen LogP contribution < -0.4 is 5.32 Å². The summed E-state index contributed by atoms with van der Waals surface area (Å²) >= 11 is 0. The molecular formula is C20H26N6O. The molecule has 142 valence electrons. The fourth-order valence-electron chi connectivity index (χ4n) is 2.68. The maximum atomic E-state index is 9.77. The molecule has 3 heterocycles. The average Bonchev–Trinajstić information content (AvgIpc) is 3.08. The molecule has 0 aromatic carbocycles. The number of hydrogen-bond donors (Lipinski definition) is 2. The van der Waals surface area contributed by atoms with Gasteiger partial charge in [0.1, 0.15) is 5.69 Å². The molecule has 0 aliphatic heterocycles. The molecule has 7 heteroatoms. The number of nitrogens with zero attached hydrogens (tertiary/aromatic N) is 5. The van der Waals surface area contributed by atoms with E-state index in [1.165, 1.54) is 0 Å². The Morgan fingerprint density at radius 2 is 1.89 bits per heavy atom. The van der Waals surface area contributed by atoms with Gasteiger partial charge < -0.3 is 15.0 Å². The average molecular weight is 366 g/mol. The van der Waals surface area contributed by atoms with Gasteiger partial charge in [-0.05, 0) is 50.5 Å². The Morgan fingerprint density at radius 3 is 2.48 bits per heavy atom. The molecule has 1 atom stereocenters. The van der Waals surface area contributed by atoms with Crippen LogP contribution in [0, 0.1) is 19.8 Å². The molecule has 0 saturated heterocycles. The van der Waals surface area contributed by atoms with Gasteiger partial charge in [-0.25, -0.2) is 9.97 Å². The third-order valence-electron chi connectivity index (χ3n) is 4.70. The largest absolute Gasteiger partial charge is 0.390 e. The zero-order valence-electron chi connectivity index (χ0n) is 16.4. The van der Waals surface area contributed by atoms with Gasteiger partial charge in [-0.2, -0.15) is 0 Å². The number of aryl methyl sites for hydroxylation is 2. The lowest BCUT2D eigenvalue weighted by Crippen LogP contribution is -2.23. The third-order valence-corrected chi connectivity index (χ3v) is 4.70. The van der Waals surface area contributed by atoms with Crippen molar-refractivity contribution in [1.29, 1.82) is 0 Å². The third kappa shape index (κ3) is 4.14. The molecule has 0 bridgehead atoms. The monoisotopic (exact) mass is 366 g/mol. The van der Waals surface area contributed by atoms with E-state index in [9.17, 15) is 5.11 Å². The molecule has 0 aliphatic carbocycles. The summed E-state index contributed by atoms with van der Waals surface area (Å²) in [5.41, 5.74) is 4.64. The van der Waals surface area contributed by atoms with Crippen molar-refractivity contribution in [2.45, 2.75) is 47.3 Å². The molecule has 0 unspecified atom stereocenters. The van der Waals surface area contributed by atoms with Gasteiger partial charge in [-0.1, -0.05) is 13.8 Å². The Morgan fingerprint density at radius 1 is 1.11 bits per heavy atom. The van der Waals surface area contributed by atoms with Crippen LogP contribution in [-0.4, -0.2) is 35.9 Å². The minimum atomic E-state index is -0.168. The van der Waals surface area contributed by atoms with Gasteiger partial charge in [-0.15, -0.1) is 10.2 Å². The smallest absolute Gasteiger partial charge is 0.151 e. The molecule has 7 nitrogen and oxygen atoms in total. The van der Waals surface area contributed by atoms with E-state index < -0.39 is 0 Å². The van der Waals surface area contributed by atoms with E-state index in [0.717, 1.165) is 22.8 Å². The zero-order valence-corrected chi connectivity index (χ0v) is 16.4. The van der Waals surface area contributed by atoms with E-state index in [2.05, 4.69) is 46.3 Å². The number of aliphatic hydroxyl groups is 1. The molecule has 0 saturated carbocycles. The topological polar surface area (TPSA) is 88.8 Å². The predicted octanol–water partition coefficient (Wildman–Crippen LogP) is 3.29. The van der Waals surface area contributed by atoms with Crippen molar-refractivity contribution in [3.63, 3.8) is 0 Å². The van der Waals surface area contributed by atoms with Crippen LogP contribution in [-0.2, 0) is 6.61 Å². The number of anilines is 1. The Kier molecular flexibility index (Phi) is 5.51. The van der Waals surface area contributed by atoms with Gasteiger partial charge in [-0.3, -0.25) is 0 Å². The van der Waals surface area contributed by atoms with E-state index in [0.29, 0.717) is 29.0 Å². The highest BCUT2D eigenvalue weighted by Gasteiger charge is 2.13. The SMILES string of the molecule is Cc1cn(-c2ccc(-c3cc(C)c(N[C@H](C)C(C)C)nn3)nc2CO)cn1. The first kappa shape index (κ1) is 19.0. The van der Waals surface area contributed by atoms with E-state index in [1.807, 2.05) is 42.8 Å². The zero-order chi connectivity index (χ0) is 19.6. The van der Waals surface area contributed by atoms with Crippen LogP contribution in [0.3, 0.4) is 0 Å². The van der Waals surface area contributed by atoms with Crippen molar-refractivity contribution in [3.05, 3.63) is 47.7 Å². The molecule has 2 N–H and O–H groups in total. The van der Waals surface area contributed by atoms with Gasteiger partial charge >= 0.3 is 0 Å². The molecule has 0 spiro atoms. The number of nitrogens with one attached hydrogen (secondary N) is 1. The summed E-state index contributed by atoms with van der Waals surface area (Å²) in [6, 6.07) is 6.07. The minimum Gasteiger partial charge on any atom is -0.390 e. The molecule has 3 aromatic rings. The van der Waals surface area contributed by atoms with Gasteiger partial charge in [0, 0.05) is 12.2 Å². The van der Waals surface area contributed by atoms with Gasteiger partial charge in [0.25, 0.3) is 0 Å². The van der Waals surface area contributed by atoms with Crippen LogP contribution in [0.2, 0.25) is 0 Å². The Balaban J connectivity index is 1.91. The van der Waals surface area contributed by atoms with Gasteiger partial charge in [0.05, 0.1) is 35.7 Å². The maximum absolute atomic E-state index is 9.77. The van der Waals surface area contributed by atoms with E-state index >= 15 is 0 Å². The normalized spacial score (nSPS) is 12.4. The summed E-state index contributed by atoms with van der Waals surface area (Å²) in [7, 11) is 0. The van der Waals surface area contributed by atoms with Crippen molar-refractivity contribution in [2.75, 3.05) is 5.32 Å². The fraction of sp³-hybridized carbons (Fsp3) is 0.400. The number of aromatic nitrogens is 5. The summed E-state index contributed by atoms with van der Waals surface area (Å²) < 4.78 is 1.86. The lowest BCUT2D eigenvalue weighted by atomic mass is 10.1. The summed E-state index contributed by atoms with van der Waals surface area (Å²) in [4.78, 5) is 8.82. The number of hydrogen-bond acceptors (Lipinski definition) is 6. The van der Waals surface area contributed by atoms with Crippen molar-refractivity contribution < 1.29 is 5.11 Å². The Hall–Kier alpha value is -2.80. The second-order valence-corrected chi connectivity index (χ2v) is 7.18. The first-order valence-corrected chi connectivity index (χ1v) is 9.12. The number of rotatable bonds is 6. The lowest BCUT2D eigenvalue weighted by molar-refractivity contribution is 0.276. The van der Waals surface area contributed by atoms with Crippen LogP contribution in [0.5, 0.6) is 0 Å². The number of pyridine rings is 1. The number of imidazole rings is 1. The molecule has 27 heavy (non-hydrogen) atoms. The van der Waals surface area contributed by atoms with Crippen LogP contribution in [0.4, 0.5) is 5.82 Å². The van der Waals surface area contributed by atoms with Crippen LogP contribution >= 0.6 is 0 Å². The second kappa shape index (κ2) is 7.84. The first-order valence-electron chi connectivity index (χ1n) is 9.12. The molecule has 0 radical (unpaired) electrons. The lowest BCUT2D eigenvalue weighted by Gasteiger charge is -2.19. The van der Waals surface area contributed by atoms with Crippen LogP contribution in [0.15, 0.2) is 30.7 Å². The Labute approximate surface area is 159 Å². The van der Waals surface area contributed by atoms with Gasteiger partial charge in [0.2, 0.25) is 0 Å². The quantitative estimate of drug-likeness (QED) is 0.696. The summed E-state index contributed by atoms with van der Waals surface area (Å²) in [6.07, 6.45) is 3.61. The van der Waals surface area contributed by atoms with Crippen molar-refractivity contribution in [3.8, 4) is 17.1 Å². The van der Waals surface area contributed by atoms with Crippen LogP contribution in [0.25, 0.3) is 17.1 Å². The first-order chi connectivity index (χ1) is 12.9. The molecule has 3 aromatic heterocycles. The molecule has 0 aliphatic rings. The number of aliphatic hydroxyl groups excluding tert-OH is 1. The highest BCUT2D eigenvalue weighted by atomic mass is 16.3. The van der Waals surface area contributed by atoms with Crippen molar-refractivity contribution >= 4 is 5.82 Å². The molecule has 0 fully saturated rings. The van der Waals surface area contributed by atoms with E-state index in [1.54, 1.807) is 6.33 Å². The standard InChI is InChI=1S/C20H26N6O/c1-12(2)15(5)22-20-13(3)8-17(24-25-20)16-6-7-19(18(10-27)23-16)26-9-14(4)21-11-26/h6-9,11-12,15,27H,10H2,1-5H3,(H,22,25)/t15-/m1/s1. The predicted molar refractivity (Wildman–Crippen MR) is 106 cm³/mol. The highest BCUT2D eigenvalue weighted by Crippen LogP contribution is 2.23. The van der Waals surface area contributed by atoms with Crippen molar-refractivity contribution in [1.82, 2.24) is 24.7 Å².